The van der Waals surface area contributed by atoms with Gasteiger partial charge in [0.05, 0.1) is 12.1 Å². The van der Waals surface area contributed by atoms with Crippen molar-refractivity contribution in [3.8, 4) is 0 Å². The Labute approximate surface area is 112 Å². The Hall–Kier alpha value is -2.10. The molecule has 3 aromatic rings. The van der Waals surface area contributed by atoms with Gasteiger partial charge in [-0.15, -0.1) is 0 Å². The van der Waals surface area contributed by atoms with Crippen molar-refractivity contribution in [3.05, 3.63) is 48.2 Å². The highest BCUT2D eigenvalue weighted by Crippen LogP contribution is 2.21. The third-order valence-electron chi connectivity index (χ3n) is 3.56. The zero-order chi connectivity index (χ0) is 13.2. The summed E-state index contributed by atoms with van der Waals surface area (Å²) in [6.45, 7) is 5.91. The monoisotopic (exact) mass is 254 g/mol. The van der Waals surface area contributed by atoms with Gasteiger partial charge in [0, 0.05) is 12.7 Å². The van der Waals surface area contributed by atoms with E-state index in [2.05, 4.69) is 59.0 Å². The lowest BCUT2D eigenvalue weighted by atomic mass is 10.1. The molecule has 0 fully saturated rings. The number of para-hydroxylation sites is 1. The van der Waals surface area contributed by atoms with Crippen LogP contribution in [0.25, 0.3) is 10.9 Å². The van der Waals surface area contributed by atoms with Gasteiger partial charge in [-0.2, -0.15) is 5.10 Å². The number of aromatic nitrogens is 4. The molecule has 4 heteroatoms. The topological polar surface area (TPSA) is 35.6 Å². The minimum atomic E-state index is 0.772. The molecule has 0 saturated heterocycles. The number of fused-ring (bicyclic) bond motifs is 1. The first-order chi connectivity index (χ1) is 9.33. The lowest BCUT2D eigenvalue weighted by molar-refractivity contribution is 0.597. The van der Waals surface area contributed by atoms with Gasteiger partial charge in [0.1, 0.15) is 12.2 Å². The first-order valence-electron chi connectivity index (χ1n) is 6.77. The van der Waals surface area contributed by atoms with Crippen LogP contribution in [0.15, 0.2) is 36.8 Å². The molecule has 0 atom stereocenters. The second kappa shape index (κ2) is 4.88. The minimum absolute atomic E-state index is 0.772. The van der Waals surface area contributed by atoms with Gasteiger partial charge in [0.15, 0.2) is 0 Å². The SMILES string of the molecule is CCc1cccc2ccn(Cc3ncnn3CC)c12. The van der Waals surface area contributed by atoms with Gasteiger partial charge in [0.2, 0.25) is 0 Å². The molecule has 0 aliphatic heterocycles. The van der Waals surface area contributed by atoms with E-state index in [1.165, 1.54) is 16.5 Å². The smallest absolute Gasteiger partial charge is 0.146 e. The largest absolute Gasteiger partial charge is 0.340 e. The van der Waals surface area contributed by atoms with Crippen molar-refractivity contribution < 1.29 is 0 Å². The zero-order valence-corrected chi connectivity index (χ0v) is 11.4. The van der Waals surface area contributed by atoms with Crippen LogP contribution in [-0.4, -0.2) is 19.3 Å². The summed E-state index contributed by atoms with van der Waals surface area (Å²) in [6, 6.07) is 8.65. The molecular formula is C15H18N4. The van der Waals surface area contributed by atoms with Crippen molar-refractivity contribution in [2.24, 2.45) is 0 Å². The Kier molecular flexibility index (Phi) is 3.07. The molecule has 0 bridgehead atoms. The standard InChI is InChI=1S/C15H18N4/c1-3-12-6-5-7-13-8-9-18(15(12)13)10-14-16-11-17-19(14)4-2/h5-9,11H,3-4,10H2,1-2H3. The van der Waals surface area contributed by atoms with Crippen LogP contribution in [0.3, 0.4) is 0 Å². The molecule has 0 aliphatic rings. The molecule has 0 N–H and O–H groups in total. The second-order valence-electron chi connectivity index (χ2n) is 4.64. The average molecular weight is 254 g/mol. The Morgan fingerprint density at radius 1 is 1.16 bits per heavy atom. The molecule has 19 heavy (non-hydrogen) atoms. The van der Waals surface area contributed by atoms with Crippen LogP contribution in [0.5, 0.6) is 0 Å². The summed E-state index contributed by atoms with van der Waals surface area (Å²) < 4.78 is 4.21. The molecule has 2 heterocycles. The second-order valence-corrected chi connectivity index (χ2v) is 4.64. The molecule has 1 aromatic carbocycles. The quantitative estimate of drug-likeness (QED) is 0.717. The Balaban J connectivity index is 2.06. The first kappa shape index (κ1) is 12.0. The van der Waals surface area contributed by atoms with E-state index in [9.17, 15) is 0 Å². The van der Waals surface area contributed by atoms with Gasteiger partial charge in [-0.25, -0.2) is 9.67 Å². The summed E-state index contributed by atoms with van der Waals surface area (Å²) in [5.74, 6) is 1.01. The minimum Gasteiger partial charge on any atom is -0.340 e. The van der Waals surface area contributed by atoms with Crippen LogP contribution < -0.4 is 0 Å². The maximum Gasteiger partial charge on any atom is 0.146 e. The highest BCUT2D eigenvalue weighted by atomic mass is 15.3. The number of rotatable bonds is 4. The van der Waals surface area contributed by atoms with Crippen molar-refractivity contribution in [1.29, 1.82) is 0 Å². The summed E-state index contributed by atoms with van der Waals surface area (Å²) in [6.07, 6.45) is 4.81. The fourth-order valence-electron chi connectivity index (χ4n) is 2.58. The molecule has 98 valence electrons. The third kappa shape index (κ3) is 2.03. The van der Waals surface area contributed by atoms with E-state index < -0.39 is 0 Å². The number of nitrogens with zero attached hydrogens (tertiary/aromatic N) is 4. The van der Waals surface area contributed by atoms with E-state index in [-0.39, 0.29) is 0 Å². The normalized spacial score (nSPS) is 11.3. The number of benzene rings is 1. The van der Waals surface area contributed by atoms with E-state index in [4.69, 9.17) is 0 Å². The van der Waals surface area contributed by atoms with Crippen LogP contribution in [0.2, 0.25) is 0 Å². The van der Waals surface area contributed by atoms with Crippen molar-refractivity contribution in [2.75, 3.05) is 0 Å². The van der Waals surface area contributed by atoms with Crippen molar-refractivity contribution in [3.63, 3.8) is 0 Å². The lowest BCUT2D eigenvalue weighted by Crippen LogP contribution is -2.08. The molecule has 2 aromatic heterocycles. The van der Waals surface area contributed by atoms with Gasteiger partial charge in [-0.05, 0) is 30.4 Å². The average Bonchev–Trinajstić information content (AvgIpc) is 3.06. The molecule has 0 aliphatic carbocycles. The maximum absolute atomic E-state index is 4.36. The molecule has 0 spiro atoms. The van der Waals surface area contributed by atoms with E-state index in [1.807, 2.05) is 4.68 Å². The Bertz CT molecular complexity index is 693. The summed E-state index contributed by atoms with van der Waals surface area (Å²) in [5, 5.41) is 5.52. The third-order valence-corrected chi connectivity index (χ3v) is 3.56. The van der Waals surface area contributed by atoms with E-state index in [0.717, 1.165) is 25.3 Å². The summed E-state index contributed by atoms with van der Waals surface area (Å²) >= 11 is 0. The van der Waals surface area contributed by atoms with Crippen molar-refractivity contribution >= 4 is 10.9 Å². The zero-order valence-electron chi connectivity index (χ0n) is 11.4. The van der Waals surface area contributed by atoms with E-state index in [0.29, 0.717) is 0 Å². The summed E-state index contributed by atoms with van der Waals surface area (Å²) in [4.78, 5) is 4.36. The first-order valence-corrected chi connectivity index (χ1v) is 6.77. The van der Waals surface area contributed by atoms with Gasteiger partial charge in [-0.1, -0.05) is 25.1 Å². The lowest BCUT2D eigenvalue weighted by Gasteiger charge is -2.09. The van der Waals surface area contributed by atoms with Crippen LogP contribution >= 0.6 is 0 Å². The molecule has 3 rings (SSSR count). The number of hydrogen-bond donors (Lipinski definition) is 0. The Morgan fingerprint density at radius 2 is 2.05 bits per heavy atom. The predicted octanol–water partition coefficient (Wildman–Crippen LogP) is 2.86. The van der Waals surface area contributed by atoms with Crippen molar-refractivity contribution in [1.82, 2.24) is 19.3 Å². The molecule has 0 unspecified atom stereocenters. The molecule has 0 saturated carbocycles. The highest BCUT2D eigenvalue weighted by molar-refractivity contribution is 5.83. The number of aryl methyl sites for hydroxylation is 2. The molecule has 0 radical (unpaired) electrons. The van der Waals surface area contributed by atoms with E-state index in [1.54, 1.807) is 6.33 Å². The predicted molar refractivity (Wildman–Crippen MR) is 76.1 cm³/mol. The number of hydrogen-bond acceptors (Lipinski definition) is 2. The Morgan fingerprint density at radius 3 is 2.84 bits per heavy atom. The van der Waals surface area contributed by atoms with Gasteiger partial charge >= 0.3 is 0 Å². The molecule has 0 amide bonds. The van der Waals surface area contributed by atoms with Crippen LogP contribution in [0.1, 0.15) is 25.2 Å². The van der Waals surface area contributed by atoms with Crippen LogP contribution in [0, 0.1) is 0 Å². The van der Waals surface area contributed by atoms with Gasteiger partial charge in [0.25, 0.3) is 0 Å². The van der Waals surface area contributed by atoms with Gasteiger partial charge in [-0.3, -0.25) is 0 Å². The summed E-state index contributed by atoms with van der Waals surface area (Å²) in [7, 11) is 0. The van der Waals surface area contributed by atoms with E-state index >= 15 is 0 Å². The van der Waals surface area contributed by atoms with Crippen LogP contribution in [-0.2, 0) is 19.5 Å². The highest BCUT2D eigenvalue weighted by Gasteiger charge is 2.08. The van der Waals surface area contributed by atoms with Crippen LogP contribution in [0.4, 0.5) is 0 Å². The maximum atomic E-state index is 4.36. The van der Waals surface area contributed by atoms with Crippen molar-refractivity contribution in [2.45, 2.75) is 33.4 Å². The molecular weight excluding hydrogens is 236 g/mol. The van der Waals surface area contributed by atoms with Gasteiger partial charge < -0.3 is 4.57 Å². The molecule has 4 nitrogen and oxygen atoms in total. The fraction of sp³-hybridized carbons (Fsp3) is 0.333. The fourth-order valence-corrected chi connectivity index (χ4v) is 2.58. The summed E-state index contributed by atoms with van der Waals surface area (Å²) in [5.41, 5.74) is 2.70.